The molecule has 0 aliphatic heterocycles. The zero-order valence-electron chi connectivity index (χ0n) is 14.4. The Morgan fingerprint density at radius 2 is 2.04 bits per heavy atom. The first kappa shape index (κ1) is 17.5. The van der Waals surface area contributed by atoms with Crippen LogP contribution in [-0.2, 0) is 11.3 Å². The Balaban J connectivity index is 2.01. The van der Waals surface area contributed by atoms with Crippen LogP contribution in [0.25, 0.3) is 0 Å². The zero-order chi connectivity index (χ0) is 17.0. The number of hydrogen-bond acceptors (Lipinski definition) is 3. The van der Waals surface area contributed by atoms with Crippen molar-refractivity contribution in [1.82, 2.24) is 9.88 Å². The Kier molecular flexibility index (Phi) is 5.46. The van der Waals surface area contributed by atoms with Crippen LogP contribution in [0.4, 0.5) is 10.5 Å². The Hall–Kier alpha value is -1.82. The molecule has 0 bridgehead atoms. The molecule has 1 aromatic heterocycles. The van der Waals surface area contributed by atoms with Gasteiger partial charge < -0.3 is 19.9 Å². The summed E-state index contributed by atoms with van der Waals surface area (Å²) in [6, 6.07) is 2.96. The number of anilines is 1. The van der Waals surface area contributed by atoms with Gasteiger partial charge in [0.25, 0.3) is 5.56 Å². The van der Waals surface area contributed by atoms with E-state index >= 15 is 0 Å². The fourth-order valence-corrected chi connectivity index (χ4v) is 3.66. The van der Waals surface area contributed by atoms with E-state index < -0.39 is 0 Å². The fourth-order valence-electron chi connectivity index (χ4n) is 3.66. The van der Waals surface area contributed by atoms with Gasteiger partial charge in [0.2, 0.25) is 0 Å². The SMILES string of the molecule is CCn1cc(NC(=O)N[C@H]2C[C@H](OC)C2(CC)CC)ccc1=O. The molecule has 0 radical (unpaired) electrons. The number of carbonyl (C=O) groups excluding carboxylic acids is 1. The number of nitrogens with one attached hydrogen (secondary N) is 2. The molecule has 23 heavy (non-hydrogen) atoms. The van der Waals surface area contributed by atoms with Crippen LogP contribution in [0.3, 0.4) is 0 Å². The van der Waals surface area contributed by atoms with Crippen LogP contribution >= 0.6 is 0 Å². The van der Waals surface area contributed by atoms with Gasteiger partial charge in [0.15, 0.2) is 0 Å². The van der Waals surface area contributed by atoms with Crippen molar-refractivity contribution in [2.75, 3.05) is 12.4 Å². The number of methoxy groups -OCH3 is 1. The summed E-state index contributed by atoms with van der Waals surface area (Å²) in [7, 11) is 1.73. The number of nitrogens with zero attached hydrogens (tertiary/aromatic N) is 1. The molecule has 1 aliphatic carbocycles. The minimum absolute atomic E-state index is 0.00823. The van der Waals surface area contributed by atoms with Gasteiger partial charge >= 0.3 is 6.03 Å². The molecule has 2 atom stereocenters. The van der Waals surface area contributed by atoms with Crippen LogP contribution in [0.1, 0.15) is 40.0 Å². The molecule has 0 aromatic carbocycles. The van der Waals surface area contributed by atoms with E-state index in [1.54, 1.807) is 23.9 Å². The molecule has 1 saturated carbocycles. The van der Waals surface area contributed by atoms with Gasteiger partial charge in [0, 0.05) is 37.4 Å². The van der Waals surface area contributed by atoms with Gasteiger partial charge in [0.05, 0.1) is 11.8 Å². The number of rotatable bonds is 6. The molecule has 0 saturated heterocycles. The summed E-state index contributed by atoms with van der Waals surface area (Å²) >= 11 is 0. The highest BCUT2D eigenvalue weighted by Crippen LogP contribution is 2.48. The van der Waals surface area contributed by atoms with Crippen molar-refractivity contribution in [2.24, 2.45) is 5.41 Å². The summed E-state index contributed by atoms with van der Waals surface area (Å²) in [5.74, 6) is 0. The lowest BCUT2D eigenvalue weighted by Gasteiger charge is -2.54. The first-order chi connectivity index (χ1) is 11.0. The van der Waals surface area contributed by atoms with E-state index in [-0.39, 0.29) is 29.2 Å². The molecular weight excluding hydrogens is 294 g/mol. The van der Waals surface area contributed by atoms with Crippen LogP contribution in [0.2, 0.25) is 0 Å². The molecule has 6 heteroatoms. The van der Waals surface area contributed by atoms with Gasteiger partial charge in [-0.05, 0) is 32.3 Å². The topological polar surface area (TPSA) is 72.4 Å². The highest BCUT2D eigenvalue weighted by molar-refractivity contribution is 5.89. The number of carbonyl (C=O) groups is 1. The van der Waals surface area contributed by atoms with Gasteiger partial charge in [-0.25, -0.2) is 4.79 Å². The second-order valence-electron chi connectivity index (χ2n) is 6.09. The molecule has 2 amide bonds. The quantitative estimate of drug-likeness (QED) is 0.846. The van der Waals surface area contributed by atoms with Crippen molar-refractivity contribution in [3.05, 3.63) is 28.7 Å². The minimum atomic E-state index is -0.239. The second-order valence-corrected chi connectivity index (χ2v) is 6.09. The second kappa shape index (κ2) is 7.17. The Bertz CT molecular complexity index is 607. The molecule has 1 aliphatic rings. The molecule has 128 valence electrons. The largest absolute Gasteiger partial charge is 0.381 e. The normalized spacial score (nSPS) is 22.3. The highest BCUT2D eigenvalue weighted by atomic mass is 16.5. The third-order valence-electron chi connectivity index (χ3n) is 5.27. The molecule has 1 heterocycles. The molecule has 1 aromatic rings. The van der Waals surface area contributed by atoms with E-state index in [1.165, 1.54) is 6.07 Å². The van der Waals surface area contributed by atoms with Crippen LogP contribution in [0.15, 0.2) is 23.1 Å². The maximum Gasteiger partial charge on any atom is 0.319 e. The molecule has 1 fully saturated rings. The van der Waals surface area contributed by atoms with E-state index in [9.17, 15) is 9.59 Å². The van der Waals surface area contributed by atoms with Gasteiger partial charge in [-0.15, -0.1) is 0 Å². The molecule has 6 nitrogen and oxygen atoms in total. The van der Waals surface area contributed by atoms with Crippen molar-refractivity contribution in [2.45, 2.75) is 58.7 Å². The summed E-state index contributed by atoms with van der Waals surface area (Å²) in [4.78, 5) is 23.8. The van der Waals surface area contributed by atoms with Crippen molar-refractivity contribution in [3.63, 3.8) is 0 Å². The summed E-state index contributed by atoms with van der Waals surface area (Å²) in [5, 5.41) is 5.87. The van der Waals surface area contributed by atoms with Crippen molar-refractivity contribution in [3.8, 4) is 0 Å². The lowest BCUT2D eigenvalue weighted by molar-refractivity contribution is -0.119. The van der Waals surface area contributed by atoms with Crippen molar-refractivity contribution < 1.29 is 9.53 Å². The summed E-state index contributed by atoms with van der Waals surface area (Å²) in [6.07, 6.45) is 4.62. The van der Waals surface area contributed by atoms with Crippen molar-refractivity contribution in [1.29, 1.82) is 0 Å². The molecule has 0 unspecified atom stereocenters. The van der Waals surface area contributed by atoms with E-state index in [2.05, 4.69) is 24.5 Å². The number of aryl methyl sites for hydroxylation is 1. The third kappa shape index (κ3) is 3.27. The predicted octanol–water partition coefficient (Wildman–Crippen LogP) is 2.58. The summed E-state index contributed by atoms with van der Waals surface area (Å²) in [6.45, 7) is 6.74. The Morgan fingerprint density at radius 3 is 2.61 bits per heavy atom. The van der Waals surface area contributed by atoms with Crippen LogP contribution < -0.4 is 16.2 Å². The number of hydrogen-bond donors (Lipinski definition) is 2. The highest BCUT2D eigenvalue weighted by Gasteiger charge is 2.53. The van der Waals surface area contributed by atoms with Crippen LogP contribution in [0.5, 0.6) is 0 Å². The van der Waals surface area contributed by atoms with Gasteiger partial charge in [-0.2, -0.15) is 0 Å². The van der Waals surface area contributed by atoms with Crippen LogP contribution in [0, 0.1) is 5.41 Å². The van der Waals surface area contributed by atoms with E-state index in [0.717, 1.165) is 19.3 Å². The number of aromatic nitrogens is 1. The van der Waals surface area contributed by atoms with E-state index in [0.29, 0.717) is 12.2 Å². The first-order valence-corrected chi connectivity index (χ1v) is 8.31. The zero-order valence-corrected chi connectivity index (χ0v) is 14.4. The number of urea groups is 1. The lowest BCUT2D eigenvalue weighted by atomic mass is 9.58. The standard InChI is InChI=1S/C17H27N3O3/c1-5-17(6-2)13(10-14(17)23-4)19-16(22)18-12-8-9-15(21)20(7-3)11-12/h8-9,11,13-14H,5-7,10H2,1-4H3,(H2,18,19,22)/t13-,14-/m0/s1. The maximum atomic E-state index is 12.3. The predicted molar refractivity (Wildman–Crippen MR) is 90.7 cm³/mol. The monoisotopic (exact) mass is 321 g/mol. The van der Waals surface area contributed by atoms with E-state index in [1.807, 2.05) is 6.92 Å². The molecule has 2 rings (SSSR count). The van der Waals surface area contributed by atoms with Crippen molar-refractivity contribution >= 4 is 11.7 Å². The number of ether oxygens (including phenoxy) is 1. The first-order valence-electron chi connectivity index (χ1n) is 8.31. The molecule has 0 spiro atoms. The van der Waals surface area contributed by atoms with Gasteiger partial charge in [-0.3, -0.25) is 4.79 Å². The molecule has 2 N–H and O–H groups in total. The minimum Gasteiger partial charge on any atom is -0.381 e. The number of amides is 2. The maximum absolute atomic E-state index is 12.3. The lowest BCUT2D eigenvalue weighted by Crippen LogP contribution is -2.64. The Morgan fingerprint density at radius 1 is 1.35 bits per heavy atom. The van der Waals surface area contributed by atoms with Gasteiger partial charge in [0.1, 0.15) is 0 Å². The summed E-state index contributed by atoms with van der Waals surface area (Å²) < 4.78 is 7.11. The fraction of sp³-hybridized carbons (Fsp3) is 0.647. The third-order valence-corrected chi connectivity index (χ3v) is 5.27. The molecular formula is C17H27N3O3. The average Bonchev–Trinajstić information content (AvgIpc) is 2.54. The average molecular weight is 321 g/mol. The smallest absolute Gasteiger partial charge is 0.319 e. The Labute approximate surface area is 137 Å². The number of pyridine rings is 1. The van der Waals surface area contributed by atoms with Crippen LogP contribution in [-0.4, -0.2) is 29.9 Å². The van der Waals surface area contributed by atoms with E-state index in [4.69, 9.17) is 4.74 Å². The summed E-state index contributed by atoms with van der Waals surface area (Å²) in [5.41, 5.74) is 0.551. The van der Waals surface area contributed by atoms with Gasteiger partial charge in [-0.1, -0.05) is 13.8 Å².